The van der Waals surface area contributed by atoms with Gasteiger partial charge in [0.05, 0.1) is 12.1 Å². The maximum Gasteiger partial charge on any atom is 0.236 e. The number of unbranched alkanes of at least 4 members (excludes halogenated alkanes) is 2. The van der Waals surface area contributed by atoms with Gasteiger partial charge in [-0.05, 0) is 46.6 Å². The number of hydrogen-bond donors (Lipinski definition) is 2. The molecule has 0 aromatic heterocycles. The van der Waals surface area contributed by atoms with Gasteiger partial charge in [0.1, 0.15) is 0 Å². The Morgan fingerprint density at radius 1 is 1.11 bits per heavy atom. The molecule has 1 atom stereocenters. The van der Waals surface area contributed by atoms with Gasteiger partial charge in [-0.2, -0.15) is 0 Å². The number of carbonyl (C=O) groups excluding carboxylic acids is 1. The fraction of sp³-hybridized carbons (Fsp3) is 0.929. The van der Waals surface area contributed by atoms with E-state index in [-0.39, 0.29) is 11.9 Å². The van der Waals surface area contributed by atoms with Gasteiger partial charge in [-0.3, -0.25) is 4.79 Å². The molecule has 4 heteroatoms. The quantitative estimate of drug-likeness (QED) is 0.558. The van der Waals surface area contributed by atoms with Crippen molar-refractivity contribution in [3.05, 3.63) is 0 Å². The molecule has 18 heavy (non-hydrogen) atoms. The summed E-state index contributed by atoms with van der Waals surface area (Å²) in [6.07, 6.45) is 4.54. The highest BCUT2D eigenvalue weighted by Crippen LogP contribution is 1.94. The van der Waals surface area contributed by atoms with E-state index in [4.69, 9.17) is 4.74 Å². The number of hydrogen-bond acceptors (Lipinski definition) is 3. The Balaban J connectivity index is 3.40. The molecule has 0 aliphatic rings. The van der Waals surface area contributed by atoms with E-state index in [1.807, 2.05) is 20.8 Å². The summed E-state index contributed by atoms with van der Waals surface area (Å²) in [5.74, 6) is 0.0990. The van der Waals surface area contributed by atoms with Gasteiger partial charge in [0, 0.05) is 13.2 Å². The zero-order valence-electron chi connectivity index (χ0n) is 12.4. The van der Waals surface area contributed by atoms with Crippen LogP contribution in [0.25, 0.3) is 0 Å². The zero-order chi connectivity index (χ0) is 13.8. The minimum absolute atomic E-state index is 0.0990. The van der Waals surface area contributed by atoms with Crippen molar-refractivity contribution in [1.29, 1.82) is 0 Å². The maximum atomic E-state index is 11.6. The maximum absolute atomic E-state index is 11.6. The third-order valence-corrected chi connectivity index (χ3v) is 2.70. The van der Waals surface area contributed by atoms with Crippen molar-refractivity contribution in [1.82, 2.24) is 10.6 Å². The lowest BCUT2D eigenvalue weighted by atomic mass is 10.2. The lowest BCUT2D eigenvalue weighted by Crippen LogP contribution is -2.42. The molecule has 0 aromatic carbocycles. The monoisotopic (exact) mass is 258 g/mol. The Morgan fingerprint density at radius 3 is 2.44 bits per heavy atom. The molecule has 0 spiro atoms. The molecule has 0 aromatic rings. The average molecular weight is 258 g/mol. The van der Waals surface area contributed by atoms with Crippen LogP contribution in [-0.4, -0.2) is 37.7 Å². The predicted octanol–water partition coefficient (Wildman–Crippen LogP) is 2.09. The summed E-state index contributed by atoms with van der Waals surface area (Å²) < 4.78 is 5.45. The fourth-order valence-electron chi connectivity index (χ4n) is 1.50. The first-order valence-corrected chi connectivity index (χ1v) is 7.20. The van der Waals surface area contributed by atoms with Crippen LogP contribution in [0.1, 0.15) is 53.4 Å². The largest absolute Gasteiger partial charge is 0.379 e. The molecule has 2 N–H and O–H groups in total. The molecule has 0 aliphatic heterocycles. The molecule has 0 saturated heterocycles. The SMILES string of the molecule is CCCCNC(=O)C(C)NCCCCOC(C)C. The van der Waals surface area contributed by atoms with Gasteiger partial charge in [0.15, 0.2) is 0 Å². The number of rotatable bonds is 11. The highest BCUT2D eigenvalue weighted by atomic mass is 16.5. The molecule has 108 valence electrons. The minimum Gasteiger partial charge on any atom is -0.379 e. The van der Waals surface area contributed by atoms with Gasteiger partial charge in [0.2, 0.25) is 5.91 Å². The number of nitrogens with one attached hydrogen (secondary N) is 2. The Morgan fingerprint density at radius 2 is 1.83 bits per heavy atom. The third-order valence-electron chi connectivity index (χ3n) is 2.70. The van der Waals surface area contributed by atoms with Crippen LogP contribution in [0.4, 0.5) is 0 Å². The number of carbonyl (C=O) groups is 1. The van der Waals surface area contributed by atoms with Crippen molar-refractivity contribution in [3.8, 4) is 0 Å². The van der Waals surface area contributed by atoms with Gasteiger partial charge in [-0.25, -0.2) is 0 Å². The van der Waals surface area contributed by atoms with E-state index >= 15 is 0 Å². The smallest absolute Gasteiger partial charge is 0.236 e. The summed E-state index contributed by atoms with van der Waals surface area (Å²) in [6, 6.07) is -0.104. The molecule has 0 fully saturated rings. The van der Waals surface area contributed by atoms with Crippen molar-refractivity contribution in [2.75, 3.05) is 19.7 Å². The predicted molar refractivity (Wildman–Crippen MR) is 75.7 cm³/mol. The van der Waals surface area contributed by atoms with Gasteiger partial charge in [-0.15, -0.1) is 0 Å². The molecule has 1 amide bonds. The molecule has 0 saturated carbocycles. The van der Waals surface area contributed by atoms with Crippen LogP contribution in [0.15, 0.2) is 0 Å². The highest BCUT2D eigenvalue weighted by Gasteiger charge is 2.10. The van der Waals surface area contributed by atoms with Gasteiger partial charge >= 0.3 is 0 Å². The lowest BCUT2D eigenvalue weighted by Gasteiger charge is -2.14. The normalized spacial score (nSPS) is 12.7. The lowest BCUT2D eigenvalue weighted by molar-refractivity contribution is -0.122. The van der Waals surface area contributed by atoms with Crippen molar-refractivity contribution in [2.45, 2.75) is 65.5 Å². The Hall–Kier alpha value is -0.610. The fourth-order valence-corrected chi connectivity index (χ4v) is 1.50. The molecule has 0 aliphatic carbocycles. The summed E-state index contributed by atoms with van der Waals surface area (Å²) in [7, 11) is 0. The first kappa shape index (κ1) is 17.4. The van der Waals surface area contributed by atoms with Gasteiger partial charge in [-0.1, -0.05) is 13.3 Å². The highest BCUT2D eigenvalue weighted by molar-refractivity contribution is 5.81. The van der Waals surface area contributed by atoms with Crippen LogP contribution in [0.3, 0.4) is 0 Å². The van der Waals surface area contributed by atoms with Crippen molar-refractivity contribution >= 4 is 5.91 Å². The molecular weight excluding hydrogens is 228 g/mol. The second kappa shape index (κ2) is 11.5. The summed E-state index contributed by atoms with van der Waals surface area (Å²) >= 11 is 0. The summed E-state index contributed by atoms with van der Waals surface area (Å²) in [4.78, 5) is 11.6. The second-order valence-corrected chi connectivity index (χ2v) is 4.95. The molecule has 0 rings (SSSR count). The van der Waals surface area contributed by atoms with Gasteiger partial charge < -0.3 is 15.4 Å². The summed E-state index contributed by atoms with van der Waals surface area (Å²) in [6.45, 7) is 10.6. The van der Waals surface area contributed by atoms with Gasteiger partial charge in [0.25, 0.3) is 0 Å². The Kier molecular flexibility index (Phi) is 11.1. The molecule has 1 unspecified atom stereocenters. The summed E-state index contributed by atoms with van der Waals surface area (Å²) in [5.41, 5.74) is 0. The van der Waals surface area contributed by atoms with Crippen LogP contribution in [0.5, 0.6) is 0 Å². The van der Waals surface area contributed by atoms with Crippen molar-refractivity contribution in [2.24, 2.45) is 0 Å². The zero-order valence-corrected chi connectivity index (χ0v) is 12.4. The molecule has 0 bridgehead atoms. The van der Waals surface area contributed by atoms with Crippen LogP contribution in [0, 0.1) is 0 Å². The van der Waals surface area contributed by atoms with Crippen LogP contribution < -0.4 is 10.6 Å². The molecule has 0 heterocycles. The molecular formula is C14H30N2O2. The first-order chi connectivity index (χ1) is 8.57. The van der Waals surface area contributed by atoms with E-state index in [9.17, 15) is 4.79 Å². The van der Waals surface area contributed by atoms with E-state index in [2.05, 4.69) is 17.6 Å². The second-order valence-electron chi connectivity index (χ2n) is 4.95. The van der Waals surface area contributed by atoms with Crippen molar-refractivity contribution in [3.63, 3.8) is 0 Å². The Labute approximate surface area is 112 Å². The van der Waals surface area contributed by atoms with E-state index in [0.29, 0.717) is 6.10 Å². The number of ether oxygens (including phenoxy) is 1. The first-order valence-electron chi connectivity index (χ1n) is 7.20. The minimum atomic E-state index is -0.104. The van der Waals surface area contributed by atoms with Crippen LogP contribution >= 0.6 is 0 Å². The van der Waals surface area contributed by atoms with Crippen molar-refractivity contribution < 1.29 is 9.53 Å². The standard InChI is InChI=1S/C14H30N2O2/c1-5-6-9-16-14(17)13(4)15-10-7-8-11-18-12(2)3/h12-13,15H,5-11H2,1-4H3,(H,16,17). The topological polar surface area (TPSA) is 50.4 Å². The van der Waals surface area contributed by atoms with Crippen LogP contribution in [-0.2, 0) is 9.53 Å². The number of amides is 1. The van der Waals surface area contributed by atoms with E-state index < -0.39 is 0 Å². The van der Waals surface area contributed by atoms with Crippen LogP contribution in [0.2, 0.25) is 0 Å². The van der Waals surface area contributed by atoms with E-state index in [1.54, 1.807) is 0 Å². The summed E-state index contributed by atoms with van der Waals surface area (Å²) in [5, 5.41) is 6.15. The molecule has 4 nitrogen and oxygen atoms in total. The average Bonchev–Trinajstić information content (AvgIpc) is 2.33. The molecule has 0 radical (unpaired) electrons. The third kappa shape index (κ3) is 10.5. The van der Waals surface area contributed by atoms with E-state index in [0.717, 1.165) is 45.4 Å². The Bertz CT molecular complexity index is 208. The van der Waals surface area contributed by atoms with E-state index in [1.165, 1.54) is 0 Å².